The van der Waals surface area contributed by atoms with Gasteiger partial charge in [0.2, 0.25) is 0 Å². The number of aliphatic hydroxyl groups is 1. The Labute approximate surface area is 139 Å². The average Bonchev–Trinajstić information content (AvgIpc) is 2.44. The highest BCUT2D eigenvalue weighted by molar-refractivity contribution is 7.99. The molecule has 0 bridgehead atoms. The maximum Gasteiger partial charge on any atom is 0.168 e. The Morgan fingerprint density at radius 3 is 2.59 bits per heavy atom. The van der Waals surface area contributed by atoms with Crippen LogP contribution in [0.5, 0.6) is 0 Å². The zero-order valence-electron chi connectivity index (χ0n) is 14.5. The maximum atomic E-state index is 12.5. The van der Waals surface area contributed by atoms with E-state index in [1.165, 1.54) is 0 Å². The highest BCUT2D eigenvalue weighted by atomic mass is 32.2. The van der Waals surface area contributed by atoms with Crippen molar-refractivity contribution in [3.05, 3.63) is 11.3 Å². The van der Waals surface area contributed by atoms with Crippen molar-refractivity contribution in [1.29, 1.82) is 0 Å². The quantitative estimate of drug-likeness (QED) is 0.609. The minimum atomic E-state index is 0.0887. The third kappa shape index (κ3) is 5.79. The van der Waals surface area contributed by atoms with Crippen LogP contribution < -0.4 is 0 Å². The van der Waals surface area contributed by atoms with Crippen LogP contribution in [0.4, 0.5) is 0 Å². The fourth-order valence-electron chi connectivity index (χ4n) is 3.06. The standard InChI is InChI=1S/C18H31NO2S/c1-5-8-15(19-9-6-2)18-16(20)11-14(12-17(18)21)10-13(4)22-7-3/h13-14,20H,5-12H2,1-4H3. The first kappa shape index (κ1) is 19.3. The number of hydrogen-bond acceptors (Lipinski definition) is 4. The normalized spacial score (nSPS) is 21.4. The van der Waals surface area contributed by atoms with Gasteiger partial charge < -0.3 is 5.11 Å². The van der Waals surface area contributed by atoms with Crippen molar-refractivity contribution in [2.45, 2.75) is 71.5 Å². The molecule has 22 heavy (non-hydrogen) atoms. The van der Waals surface area contributed by atoms with Crippen LogP contribution >= 0.6 is 11.8 Å². The number of carbonyl (C=O) groups is 1. The molecule has 0 aromatic rings. The van der Waals surface area contributed by atoms with Gasteiger partial charge in [0, 0.05) is 30.3 Å². The van der Waals surface area contributed by atoms with Gasteiger partial charge in [0.15, 0.2) is 5.78 Å². The topological polar surface area (TPSA) is 49.7 Å². The molecule has 4 heteroatoms. The molecule has 0 aromatic carbocycles. The predicted octanol–water partition coefficient (Wildman–Crippen LogP) is 4.96. The van der Waals surface area contributed by atoms with Crippen LogP contribution in [0.1, 0.15) is 66.2 Å². The van der Waals surface area contributed by atoms with Crippen LogP contribution in [0.3, 0.4) is 0 Å². The van der Waals surface area contributed by atoms with Gasteiger partial charge in [-0.05, 0) is 30.9 Å². The van der Waals surface area contributed by atoms with E-state index in [1.54, 1.807) is 0 Å². The number of hydrogen-bond donors (Lipinski definition) is 1. The molecule has 1 aliphatic rings. The van der Waals surface area contributed by atoms with E-state index in [2.05, 4.69) is 32.7 Å². The minimum absolute atomic E-state index is 0.0887. The molecule has 0 fully saturated rings. The maximum absolute atomic E-state index is 12.5. The van der Waals surface area contributed by atoms with E-state index in [0.29, 0.717) is 23.7 Å². The lowest BCUT2D eigenvalue weighted by molar-refractivity contribution is -0.116. The summed E-state index contributed by atoms with van der Waals surface area (Å²) in [5.74, 6) is 1.74. The summed E-state index contributed by atoms with van der Waals surface area (Å²) in [7, 11) is 0. The van der Waals surface area contributed by atoms with E-state index >= 15 is 0 Å². The third-order valence-electron chi connectivity index (χ3n) is 3.94. The molecule has 0 amide bonds. The Kier molecular flexibility index (Phi) is 8.84. The van der Waals surface area contributed by atoms with Gasteiger partial charge in [0.25, 0.3) is 0 Å². The van der Waals surface area contributed by atoms with Crippen molar-refractivity contribution in [1.82, 2.24) is 0 Å². The van der Waals surface area contributed by atoms with Crippen molar-refractivity contribution in [3.63, 3.8) is 0 Å². The van der Waals surface area contributed by atoms with Crippen LogP contribution in [-0.4, -0.2) is 34.1 Å². The van der Waals surface area contributed by atoms with E-state index in [9.17, 15) is 9.90 Å². The third-order valence-corrected chi connectivity index (χ3v) is 5.04. The molecule has 0 saturated carbocycles. The number of rotatable bonds is 9. The molecule has 0 spiro atoms. The molecular weight excluding hydrogens is 294 g/mol. The smallest absolute Gasteiger partial charge is 0.168 e. The second-order valence-electron chi connectivity index (χ2n) is 6.10. The highest BCUT2D eigenvalue weighted by Gasteiger charge is 2.30. The van der Waals surface area contributed by atoms with Crippen LogP contribution in [-0.2, 0) is 4.79 Å². The molecule has 2 unspecified atom stereocenters. The van der Waals surface area contributed by atoms with Crippen molar-refractivity contribution in [2.24, 2.45) is 10.9 Å². The number of Topliss-reactive ketones (excluding diaryl/α,β-unsaturated/α-hetero) is 1. The SMILES string of the molecule is CCCN=C(CCC)C1=C(O)CC(CC(C)SCC)CC1=O. The number of thioether (sulfide) groups is 1. The highest BCUT2D eigenvalue weighted by Crippen LogP contribution is 2.32. The summed E-state index contributed by atoms with van der Waals surface area (Å²) in [4.78, 5) is 17.1. The number of carbonyl (C=O) groups excluding carboxylic acids is 1. The largest absolute Gasteiger partial charge is 0.511 e. The fraction of sp³-hybridized carbons (Fsp3) is 0.778. The Bertz CT molecular complexity index is 429. The summed E-state index contributed by atoms with van der Waals surface area (Å²) < 4.78 is 0. The summed E-state index contributed by atoms with van der Waals surface area (Å²) in [6.45, 7) is 9.25. The molecular formula is C18H31NO2S. The molecule has 1 aliphatic carbocycles. The molecule has 0 saturated heterocycles. The summed E-state index contributed by atoms with van der Waals surface area (Å²) in [5.41, 5.74) is 1.35. The number of allylic oxidation sites excluding steroid dienone is 2. The van der Waals surface area contributed by atoms with Gasteiger partial charge in [-0.2, -0.15) is 11.8 Å². The number of aliphatic imine (C=N–C) groups is 1. The van der Waals surface area contributed by atoms with Gasteiger partial charge in [0.1, 0.15) is 5.76 Å². The molecule has 0 radical (unpaired) electrons. The van der Waals surface area contributed by atoms with E-state index in [1.807, 2.05) is 11.8 Å². The molecule has 3 nitrogen and oxygen atoms in total. The van der Waals surface area contributed by atoms with E-state index in [4.69, 9.17) is 0 Å². The van der Waals surface area contributed by atoms with Crippen molar-refractivity contribution in [2.75, 3.05) is 12.3 Å². The Hall–Kier alpha value is -0.770. The Morgan fingerprint density at radius 2 is 2.05 bits per heavy atom. The van der Waals surface area contributed by atoms with Crippen LogP contribution in [0, 0.1) is 5.92 Å². The molecule has 2 atom stereocenters. The summed E-state index contributed by atoms with van der Waals surface area (Å²) >= 11 is 1.92. The zero-order chi connectivity index (χ0) is 16.5. The van der Waals surface area contributed by atoms with Gasteiger partial charge in [-0.1, -0.05) is 34.1 Å². The molecule has 1 rings (SSSR count). The molecule has 0 heterocycles. The Balaban J connectivity index is 2.85. The van der Waals surface area contributed by atoms with Gasteiger partial charge in [-0.3, -0.25) is 9.79 Å². The van der Waals surface area contributed by atoms with Gasteiger partial charge in [-0.25, -0.2) is 0 Å². The van der Waals surface area contributed by atoms with Crippen LogP contribution in [0.25, 0.3) is 0 Å². The van der Waals surface area contributed by atoms with E-state index in [0.717, 1.165) is 43.7 Å². The second-order valence-corrected chi connectivity index (χ2v) is 7.81. The lowest BCUT2D eigenvalue weighted by Gasteiger charge is -2.26. The van der Waals surface area contributed by atoms with Gasteiger partial charge in [-0.15, -0.1) is 0 Å². The zero-order valence-corrected chi connectivity index (χ0v) is 15.3. The van der Waals surface area contributed by atoms with E-state index in [-0.39, 0.29) is 17.5 Å². The molecule has 0 aromatic heterocycles. The van der Waals surface area contributed by atoms with Crippen molar-refractivity contribution >= 4 is 23.3 Å². The first-order valence-electron chi connectivity index (χ1n) is 8.63. The van der Waals surface area contributed by atoms with Crippen molar-refractivity contribution < 1.29 is 9.90 Å². The van der Waals surface area contributed by atoms with Crippen molar-refractivity contribution in [3.8, 4) is 0 Å². The first-order chi connectivity index (χ1) is 10.5. The molecule has 1 N–H and O–H groups in total. The number of ketones is 1. The number of aliphatic hydroxyl groups excluding tert-OH is 1. The average molecular weight is 326 g/mol. The van der Waals surface area contributed by atoms with Crippen LogP contribution in [0.15, 0.2) is 16.3 Å². The first-order valence-corrected chi connectivity index (χ1v) is 9.68. The van der Waals surface area contributed by atoms with E-state index < -0.39 is 0 Å². The van der Waals surface area contributed by atoms with Crippen LogP contribution in [0.2, 0.25) is 0 Å². The summed E-state index contributed by atoms with van der Waals surface area (Å²) in [5, 5.41) is 11.0. The summed E-state index contributed by atoms with van der Waals surface area (Å²) in [6.07, 6.45) is 4.87. The monoisotopic (exact) mass is 325 g/mol. The lowest BCUT2D eigenvalue weighted by Crippen LogP contribution is -2.26. The van der Waals surface area contributed by atoms with Gasteiger partial charge >= 0.3 is 0 Å². The number of nitrogens with zero attached hydrogens (tertiary/aromatic N) is 1. The molecule has 0 aliphatic heterocycles. The Morgan fingerprint density at radius 1 is 1.32 bits per heavy atom. The second kappa shape index (κ2) is 10.1. The summed E-state index contributed by atoms with van der Waals surface area (Å²) in [6, 6.07) is 0. The predicted molar refractivity (Wildman–Crippen MR) is 97.1 cm³/mol. The fourth-order valence-corrected chi connectivity index (χ4v) is 4.03. The molecule has 126 valence electrons. The lowest BCUT2D eigenvalue weighted by atomic mass is 9.82. The minimum Gasteiger partial charge on any atom is -0.511 e. The van der Waals surface area contributed by atoms with Gasteiger partial charge in [0.05, 0.1) is 5.57 Å².